The molecule has 0 saturated carbocycles. The molecule has 1 heterocycles. The number of amides is 1. The Morgan fingerprint density at radius 2 is 1.62 bits per heavy atom. The topological polar surface area (TPSA) is 118 Å². The van der Waals surface area contributed by atoms with Crippen molar-refractivity contribution >= 4 is 24.5 Å². The molecule has 1 saturated heterocycles. The van der Waals surface area contributed by atoms with Crippen molar-refractivity contribution in [2.45, 2.75) is 25.0 Å². The summed E-state index contributed by atoms with van der Waals surface area (Å²) >= 11 is 0. The number of carbonyl (C=O) groups excluding carboxylic acids is 1. The fourth-order valence-corrected chi connectivity index (χ4v) is 5.70. The number of β-lactam (4-membered cyclic amide) rings is 1. The number of hydrogen-bond donors (Lipinski definition) is 4. The van der Waals surface area contributed by atoms with Gasteiger partial charge in [-0.05, 0) is 72.0 Å². The summed E-state index contributed by atoms with van der Waals surface area (Å²) in [6.45, 7) is 0. The molecule has 1 aliphatic heterocycles. The molecule has 4 aromatic carbocycles. The fraction of sp³-hybridized carbons (Fsp3) is 0.167. The van der Waals surface area contributed by atoms with Crippen molar-refractivity contribution in [3.05, 3.63) is 114 Å². The van der Waals surface area contributed by atoms with E-state index < -0.39 is 31.5 Å². The zero-order valence-corrected chi connectivity index (χ0v) is 21.7. The van der Waals surface area contributed by atoms with E-state index in [0.717, 1.165) is 5.56 Å². The maximum atomic E-state index is 13.6. The molecule has 0 bridgehead atoms. The van der Waals surface area contributed by atoms with Crippen LogP contribution in [0.4, 0.5) is 10.1 Å². The van der Waals surface area contributed by atoms with Gasteiger partial charge < -0.3 is 24.9 Å². The van der Waals surface area contributed by atoms with Gasteiger partial charge in [-0.2, -0.15) is 0 Å². The lowest BCUT2D eigenvalue weighted by Crippen LogP contribution is -2.55. The molecule has 1 fully saturated rings. The second kappa shape index (κ2) is 10.8. The van der Waals surface area contributed by atoms with Gasteiger partial charge in [0.15, 0.2) is 0 Å². The highest BCUT2D eigenvalue weighted by atomic mass is 31.2. The zero-order valence-electron chi connectivity index (χ0n) is 20.8. The Hall–Kier alpha value is -3.81. The van der Waals surface area contributed by atoms with Crippen LogP contribution in [0, 0.1) is 11.7 Å². The summed E-state index contributed by atoms with van der Waals surface area (Å²) in [5, 5.41) is 21.4. The SMILES string of the molecule is O=C1C(CCC(O)c2ccccc2)C(c2ccc(-c3cccc(P(=O)(O)O)c3)c(O)c2)N1c1ccc(F)cc1. The third kappa shape index (κ3) is 5.51. The zero-order chi connectivity index (χ0) is 27.7. The minimum atomic E-state index is -4.47. The number of phenols is 1. The average molecular weight is 548 g/mol. The average Bonchev–Trinajstić information content (AvgIpc) is 2.92. The summed E-state index contributed by atoms with van der Waals surface area (Å²) < 4.78 is 25.3. The predicted octanol–water partition coefficient (Wildman–Crippen LogP) is 5.22. The Labute approximate surface area is 225 Å². The van der Waals surface area contributed by atoms with E-state index in [0.29, 0.717) is 35.2 Å². The van der Waals surface area contributed by atoms with Gasteiger partial charge in [0.05, 0.1) is 23.4 Å². The molecule has 200 valence electrons. The largest absolute Gasteiger partial charge is 0.507 e. The number of phenolic OH excluding ortho intramolecular Hbond substituents is 1. The van der Waals surface area contributed by atoms with Crippen LogP contribution in [0.25, 0.3) is 11.1 Å². The summed E-state index contributed by atoms with van der Waals surface area (Å²) in [5.74, 6) is -1.18. The first-order valence-electron chi connectivity index (χ1n) is 12.4. The van der Waals surface area contributed by atoms with Crippen LogP contribution < -0.4 is 10.2 Å². The number of aliphatic hydroxyl groups excluding tert-OH is 1. The number of halogens is 1. The Bertz CT molecular complexity index is 1540. The van der Waals surface area contributed by atoms with Gasteiger partial charge in [0.25, 0.3) is 0 Å². The van der Waals surface area contributed by atoms with Crippen molar-refractivity contribution in [3.8, 4) is 16.9 Å². The van der Waals surface area contributed by atoms with Crippen LogP contribution in [-0.4, -0.2) is 25.9 Å². The van der Waals surface area contributed by atoms with E-state index in [1.165, 1.54) is 48.5 Å². The maximum Gasteiger partial charge on any atom is 0.356 e. The first-order valence-corrected chi connectivity index (χ1v) is 14.1. The van der Waals surface area contributed by atoms with E-state index in [9.17, 15) is 33.7 Å². The van der Waals surface area contributed by atoms with Gasteiger partial charge in [-0.25, -0.2) is 4.39 Å². The maximum absolute atomic E-state index is 13.6. The van der Waals surface area contributed by atoms with Crippen LogP contribution in [0.15, 0.2) is 97.1 Å². The molecule has 9 heteroatoms. The lowest BCUT2D eigenvalue weighted by molar-refractivity contribution is -0.131. The number of hydrogen-bond acceptors (Lipinski definition) is 4. The van der Waals surface area contributed by atoms with Crippen LogP contribution in [0.3, 0.4) is 0 Å². The number of aliphatic hydroxyl groups is 1. The van der Waals surface area contributed by atoms with Gasteiger partial charge in [0.2, 0.25) is 5.91 Å². The van der Waals surface area contributed by atoms with E-state index in [1.807, 2.05) is 30.3 Å². The van der Waals surface area contributed by atoms with Crippen LogP contribution in [-0.2, 0) is 9.36 Å². The molecular weight excluding hydrogens is 520 g/mol. The van der Waals surface area contributed by atoms with Gasteiger partial charge in [-0.3, -0.25) is 9.36 Å². The molecule has 0 spiro atoms. The van der Waals surface area contributed by atoms with Gasteiger partial charge >= 0.3 is 7.60 Å². The van der Waals surface area contributed by atoms with Crippen molar-refractivity contribution < 1.29 is 33.7 Å². The summed E-state index contributed by atoms with van der Waals surface area (Å²) in [7, 11) is -4.47. The summed E-state index contributed by atoms with van der Waals surface area (Å²) in [5.41, 5.74) is 2.73. The van der Waals surface area contributed by atoms with Crippen LogP contribution >= 0.6 is 7.60 Å². The Kier molecular flexibility index (Phi) is 7.38. The highest BCUT2D eigenvalue weighted by Gasteiger charge is 2.48. The number of benzene rings is 4. The lowest BCUT2D eigenvalue weighted by Gasteiger charge is -2.48. The van der Waals surface area contributed by atoms with Crippen LogP contribution in [0.5, 0.6) is 5.75 Å². The fourth-order valence-electron chi connectivity index (χ4n) is 5.11. The quantitative estimate of drug-likeness (QED) is 0.178. The molecule has 39 heavy (non-hydrogen) atoms. The first kappa shape index (κ1) is 26.8. The summed E-state index contributed by atoms with van der Waals surface area (Å²) in [6.07, 6.45) is 0.00827. The van der Waals surface area contributed by atoms with Crippen molar-refractivity contribution in [1.29, 1.82) is 0 Å². The standard InChI is InChI=1S/C30H27FNO6P/c31-22-10-12-23(13-11-22)32-29(26(30(32)35)15-16-27(33)19-5-2-1-3-6-19)21-9-14-25(28(34)18-21)20-7-4-8-24(17-20)39(36,37)38/h1-14,17-18,26-27,29,33-34H,15-16H2,(H2,36,37,38). The lowest BCUT2D eigenvalue weighted by atomic mass is 9.78. The summed E-state index contributed by atoms with van der Waals surface area (Å²) in [4.78, 5) is 33.9. The van der Waals surface area contributed by atoms with E-state index >= 15 is 0 Å². The normalized spacial score (nSPS) is 18.1. The van der Waals surface area contributed by atoms with Crippen LogP contribution in [0.1, 0.15) is 36.1 Å². The smallest absolute Gasteiger partial charge is 0.356 e. The molecule has 1 aliphatic rings. The Morgan fingerprint density at radius 1 is 0.897 bits per heavy atom. The second-order valence-corrected chi connectivity index (χ2v) is 11.2. The minimum absolute atomic E-state index is 0.114. The molecule has 3 unspecified atom stereocenters. The molecule has 0 aliphatic carbocycles. The van der Waals surface area contributed by atoms with E-state index in [-0.39, 0.29) is 17.0 Å². The van der Waals surface area contributed by atoms with Crippen molar-refractivity contribution in [1.82, 2.24) is 0 Å². The van der Waals surface area contributed by atoms with Gasteiger partial charge in [-0.15, -0.1) is 0 Å². The molecule has 5 rings (SSSR count). The Balaban J connectivity index is 1.45. The molecule has 4 aromatic rings. The monoisotopic (exact) mass is 547 g/mol. The number of carbonyl (C=O) groups is 1. The van der Waals surface area contributed by atoms with Gasteiger partial charge in [0.1, 0.15) is 11.6 Å². The predicted molar refractivity (Wildman–Crippen MR) is 146 cm³/mol. The molecule has 4 N–H and O–H groups in total. The van der Waals surface area contributed by atoms with Gasteiger partial charge in [0, 0.05) is 11.3 Å². The van der Waals surface area contributed by atoms with Crippen LogP contribution in [0.2, 0.25) is 0 Å². The number of nitrogens with zero attached hydrogens (tertiary/aromatic N) is 1. The van der Waals surface area contributed by atoms with Crippen molar-refractivity contribution in [2.24, 2.45) is 5.92 Å². The number of anilines is 1. The third-order valence-electron chi connectivity index (χ3n) is 7.11. The summed E-state index contributed by atoms with van der Waals surface area (Å²) in [6, 6.07) is 25.1. The molecular formula is C30H27FNO6P. The highest BCUT2D eigenvalue weighted by molar-refractivity contribution is 7.60. The molecule has 0 radical (unpaired) electrons. The molecule has 1 amide bonds. The van der Waals surface area contributed by atoms with E-state index in [2.05, 4.69) is 0 Å². The highest BCUT2D eigenvalue weighted by Crippen LogP contribution is 2.48. The van der Waals surface area contributed by atoms with E-state index in [1.54, 1.807) is 23.1 Å². The molecule has 3 atom stereocenters. The first-order chi connectivity index (χ1) is 18.6. The van der Waals surface area contributed by atoms with Gasteiger partial charge in [-0.1, -0.05) is 54.6 Å². The third-order valence-corrected chi connectivity index (χ3v) is 8.06. The Morgan fingerprint density at radius 3 is 2.28 bits per heavy atom. The molecule has 7 nitrogen and oxygen atoms in total. The minimum Gasteiger partial charge on any atom is -0.507 e. The number of aromatic hydroxyl groups is 1. The number of rotatable bonds is 8. The van der Waals surface area contributed by atoms with Crippen molar-refractivity contribution in [2.75, 3.05) is 4.90 Å². The molecule has 0 aromatic heterocycles. The van der Waals surface area contributed by atoms with Crippen molar-refractivity contribution in [3.63, 3.8) is 0 Å². The second-order valence-electron chi connectivity index (χ2n) is 9.61. The van der Waals surface area contributed by atoms with E-state index in [4.69, 9.17) is 0 Å².